The summed E-state index contributed by atoms with van der Waals surface area (Å²) in [6.45, 7) is 1.86. The van der Waals surface area contributed by atoms with Gasteiger partial charge in [-0.2, -0.15) is 10.2 Å². The van der Waals surface area contributed by atoms with Gasteiger partial charge in [-0.05, 0) is 49.4 Å². The first kappa shape index (κ1) is 24.2. The lowest BCUT2D eigenvalue weighted by Crippen LogP contribution is -2.18. The number of para-hydroxylation sites is 1. The molecule has 0 aliphatic rings. The monoisotopic (exact) mass is 536 g/mol. The number of aromatic nitrogens is 3. The minimum Gasteiger partial charge on any atom is -0.464 e. The zero-order chi connectivity index (χ0) is 26.9. The van der Waals surface area contributed by atoms with Gasteiger partial charge < -0.3 is 14.6 Å². The van der Waals surface area contributed by atoms with E-state index in [1.54, 1.807) is 35.2 Å². The smallest absolute Gasteiger partial charge is 0.309 e. The van der Waals surface area contributed by atoms with Crippen LogP contribution in [0.4, 0.5) is 5.69 Å². The number of nitrogens with two attached hydrogens (primary N) is 1. The first-order valence-electron chi connectivity index (χ1n) is 12.0. The molecule has 0 spiro atoms. The second-order valence-electron chi connectivity index (χ2n) is 8.71. The Balaban J connectivity index is 1.32. The number of carbonyl (C=O) groups excluding carboxylic acids is 1. The Morgan fingerprint density at radius 2 is 1.90 bits per heavy atom. The Morgan fingerprint density at radius 1 is 1.10 bits per heavy atom. The van der Waals surface area contributed by atoms with Gasteiger partial charge in [0.05, 0.1) is 40.6 Å². The molecule has 3 N–H and O–H groups in total. The van der Waals surface area contributed by atoms with Crippen LogP contribution >= 0.6 is 11.6 Å². The normalized spacial score (nSPS) is 11.4. The van der Waals surface area contributed by atoms with Crippen LogP contribution in [0.1, 0.15) is 21.8 Å². The van der Waals surface area contributed by atoms with Crippen molar-refractivity contribution in [1.29, 1.82) is 0 Å². The number of amides is 1. The first-order chi connectivity index (χ1) is 19.0. The molecule has 0 saturated heterocycles. The maximum atomic E-state index is 13.0. The molecule has 0 saturated carbocycles. The van der Waals surface area contributed by atoms with Crippen LogP contribution in [-0.2, 0) is 0 Å². The van der Waals surface area contributed by atoms with Crippen molar-refractivity contribution < 1.29 is 13.6 Å². The van der Waals surface area contributed by atoms with Gasteiger partial charge in [-0.3, -0.25) is 4.79 Å². The molecule has 0 fully saturated rings. The standard InChI is InChI=1S/C29H21ClN6O3/c1-17-19(16-36(35-17)21-6-3-2-4-7-21)15-32-34-28(37)27-26(31)25-22(24-8-5-13-38-24)14-23(33-29(25)39-27)18-9-11-20(30)12-10-18/h2-16H,31H2,1H3,(H,34,37)/b32-15-. The molecule has 4 aromatic heterocycles. The molecule has 39 heavy (non-hydrogen) atoms. The number of furan rings is 2. The Kier molecular flexibility index (Phi) is 6.18. The number of carbonyl (C=O) groups is 1. The van der Waals surface area contributed by atoms with Gasteiger partial charge in [-0.25, -0.2) is 15.1 Å². The summed E-state index contributed by atoms with van der Waals surface area (Å²) >= 11 is 6.05. The molecule has 0 bridgehead atoms. The van der Waals surface area contributed by atoms with Crippen molar-refractivity contribution in [2.45, 2.75) is 6.92 Å². The van der Waals surface area contributed by atoms with Crippen molar-refractivity contribution in [3.63, 3.8) is 0 Å². The van der Waals surface area contributed by atoms with E-state index in [1.807, 2.05) is 61.7 Å². The van der Waals surface area contributed by atoms with E-state index in [2.05, 4.69) is 20.6 Å². The summed E-state index contributed by atoms with van der Waals surface area (Å²) in [7, 11) is 0. The van der Waals surface area contributed by atoms with Crippen LogP contribution in [0.2, 0.25) is 5.02 Å². The van der Waals surface area contributed by atoms with Crippen molar-refractivity contribution in [3.8, 4) is 28.3 Å². The highest BCUT2D eigenvalue weighted by molar-refractivity contribution is 6.30. The number of fused-ring (bicyclic) bond motifs is 1. The fourth-order valence-corrected chi connectivity index (χ4v) is 4.33. The highest BCUT2D eigenvalue weighted by Crippen LogP contribution is 2.38. The molecular weight excluding hydrogens is 516 g/mol. The summed E-state index contributed by atoms with van der Waals surface area (Å²) in [6.07, 6.45) is 4.90. The van der Waals surface area contributed by atoms with Crippen LogP contribution < -0.4 is 11.2 Å². The summed E-state index contributed by atoms with van der Waals surface area (Å²) < 4.78 is 13.3. The molecule has 10 heteroatoms. The van der Waals surface area contributed by atoms with Crippen molar-refractivity contribution in [1.82, 2.24) is 20.2 Å². The number of nitrogen functional groups attached to an aromatic ring is 1. The molecule has 2 aromatic carbocycles. The molecular formula is C29H21ClN6O3. The van der Waals surface area contributed by atoms with E-state index in [4.69, 9.17) is 26.2 Å². The predicted octanol–water partition coefficient (Wildman–Crippen LogP) is 6.25. The van der Waals surface area contributed by atoms with Crippen LogP contribution in [0.25, 0.3) is 39.4 Å². The Bertz CT molecular complexity index is 1820. The molecule has 4 heterocycles. The highest BCUT2D eigenvalue weighted by atomic mass is 35.5. The number of halogens is 1. The number of aryl methyl sites for hydroxylation is 1. The third kappa shape index (κ3) is 4.67. The van der Waals surface area contributed by atoms with Crippen molar-refractivity contribution in [2.24, 2.45) is 5.10 Å². The van der Waals surface area contributed by atoms with E-state index in [-0.39, 0.29) is 17.2 Å². The van der Waals surface area contributed by atoms with Crippen LogP contribution in [0.15, 0.2) is 99.2 Å². The fraction of sp³-hybridized carbons (Fsp3) is 0.0345. The van der Waals surface area contributed by atoms with Gasteiger partial charge in [0.2, 0.25) is 11.5 Å². The lowest BCUT2D eigenvalue weighted by Gasteiger charge is -2.05. The largest absolute Gasteiger partial charge is 0.464 e. The van der Waals surface area contributed by atoms with Gasteiger partial charge in [0.25, 0.3) is 0 Å². The summed E-state index contributed by atoms with van der Waals surface area (Å²) in [5.41, 5.74) is 13.7. The number of hydrogen-bond acceptors (Lipinski definition) is 7. The second-order valence-corrected chi connectivity index (χ2v) is 9.15. The fourth-order valence-electron chi connectivity index (χ4n) is 4.21. The van der Waals surface area contributed by atoms with Gasteiger partial charge in [-0.15, -0.1) is 0 Å². The van der Waals surface area contributed by atoms with E-state index in [1.165, 1.54) is 6.21 Å². The predicted molar refractivity (Wildman–Crippen MR) is 150 cm³/mol. The molecule has 192 valence electrons. The molecule has 6 rings (SSSR count). The number of nitrogens with one attached hydrogen (secondary N) is 1. The number of rotatable bonds is 6. The Morgan fingerprint density at radius 3 is 2.64 bits per heavy atom. The van der Waals surface area contributed by atoms with E-state index >= 15 is 0 Å². The van der Waals surface area contributed by atoms with Gasteiger partial charge in [0.1, 0.15) is 5.76 Å². The van der Waals surface area contributed by atoms with Gasteiger partial charge in [0.15, 0.2) is 0 Å². The molecule has 0 aliphatic carbocycles. The third-order valence-electron chi connectivity index (χ3n) is 6.16. The summed E-state index contributed by atoms with van der Waals surface area (Å²) in [6, 6.07) is 22.3. The maximum Gasteiger partial charge on any atom is 0.309 e. The van der Waals surface area contributed by atoms with Crippen LogP contribution in [-0.4, -0.2) is 26.9 Å². The minimum absolute atomic E-state index is 0.104. The van der Waals surface area contributed by atoms with Crippen molar-refractivity contribution in [3.05, 3.63) is 107 Å². The highest BCUT2D eigenvalue weighted by Gasteiger charge is 2.24. The van der Waals surface area contributed by atoms with Crippen LogP contribution in [0.5, 0.6) is 0 Å². The Labute approximate surface area is 227 Å². The molecule has 0 atom stereocenters. The van der Waals surface area contributed by atoms with Crippen molar-refractivity contribution in [2.75, 3.05) is 5.73 Å². The molecule has 6 aromatic rings. The summed E-state index contributed by atoms with van der Waals surface area (Å²) in [4.78, 5) is 17.7. The average molecular weight is 537 g/mol. The quantitative estimate of drug-likeness (QED) is 0.191. The van der Waals surface area contributed by atoms with Crippen LogP contribution in [0.3, 0.4) is 0 Å². The number of benzene rings is 2. The molecule has 1 amide bonds. The molecule has 0 unspecified atom stereocenters. The van der Waals surface area contributed by atoms with E-state index in [0.717, 1.165) is 22.5 Å². The SMILES string of the molecule is Cc1nn(-c2ccccc2)cc1/C=N\NC(=O)c1oc2nc(-c3ccc(Cl)cc3)cc(-c3ccco3)c2c1N. The number of hydrazone groups is 1. The number of nitrogens with zero attached hydrogens (tertiary/aromatic N) is 4. The van der Waals surface area contributed by atoms with Crippen molar-refractivity contribution >= 4 is 40.5 Å². The molecule has 9 nitrogen and oxygen atoms in total. The number of anilines is 1. The number of pyridine rings is 1. The Hall–Kier alpha value is -5.15. The van der Waals surface area contributed by atoms with Gasteiger partial charge in [-0.1, -0.05) is 41.9 Å². The minimum atomic E-state index is -0.617. The van der Waals surface area contributed by atoms with Gasteiger partial charge in [0, 0.05) is 27.9 Å². The maximum absolute atomic E-state index is 13.0. The third-order valence-corrected chi connectivity index (χ3v) is 6.41. The van der Waals surface area contributed by atoms with E-state index in [0.29, 0.717) is 27.4 Å². The van der Waals surface area contributed by atoms with Crippen LogP contribution in [0, 0.1) is 6.92 Å². The van der Waals surface area contributed by atoms with Gasteiger partial charge >= 0.3 is 5.91 Å². The van der Waals surface area contributed by atoms with E-state index < -0.39 is 5.91 Å². The topological polar surface area (TPSA) is 124 Å². The molecule has 0 aliphatic heterocycles. The summed E-state index contributed by atoms with van der Waals surface area (Å²) in [5.74, 6) is -0.165. The first-order valence-corrected chi connectivity index (χ1v) is 12.3. The number of hydrogen-bond donors (Lipinski definition) is 2. The zero-order valence-electron chi connectivity index (χ0n) is 20.6. The second kappa shape index (κ2) is 9.96. The molecule has 0 radical (unpaired) electrons. The zero-order valence-corrected chi connectivity index (χ0v) is 21.4. The van der Waals surface area contributed by atoms with E-state index in [9.17, 15) is 4.79 Å². The lowest BCUT2D eigenvalue weighted by molar-refractivity contribution is 0.0930. The summed E-state index contributed by atoms with van der Waals surface area (Å²) in [5, 5.41) is 9.68. The lowest BCUT2D eigenvalue weighted by atomic mass is 10.0. The average Bonchev–Trinajstić information content (AvgIpc) is 3.69.